The fourth-order valence-corrected chi connectivity index (χ4v) is 3.29. The Hall–Kier alpha value is -2.62. The fourth-order valence-electron chi connectivity index (χ4n) is 3.29. The molecule has 0 radical (unpaired) electrons. The van der Waals surface area contributed by atoms with Gasteiger partial charge < -0.3 is 9.97 Å². The predicted molar refractivity (Wildman–Crippen MR) is 98.3 cm³/mol. The molecule has 1 unspecified atom stereocenters. The number of nitrogens with zero attached hydrogens (tertiary/aromatic N) is 2. The van der Waals surface area contributed by atoms with E-state index in [0.717, 1.165) is 46.6 Å². The lowest BCUT2D eigenvalue weighted by molar-refractivity contribution is 0.420. The first-order chi connectivity index (χ1) is 11.6. The molecule has 0 spiro atoms. The van der Waals surface area contributed by atoms with Crippen LogP contribution in [0.3, 0.4) is 0 Å². The van der Waals surface area contributed by atoms with E-state index in [9.17, 15) is 0 Å². The Morgan fingerprint density at radius 1 is 0.958 bits per heavy atom. The van der Waals surface area contributed by atoms with E-state index < -0.39 is 0 Å². The highest BCUT2D eigenvalue weighted by molar-refractivity contribution is 5.78. The minimum absolute atomic E-state index is 0.0825. The number of aromatic amines is 2. The van der Waals surface area contributed by atoms with Crippen LogP contribution in [0.1, 0.15) is 37.5 Å². The number of para-hydroxylation sites is 3. The van der Waals surface area contributed by atoms with E-state index >= 15 is 0 Å². The average molecular weight is 318 g/mol. The Kier molecular flexibility index (Phi) is 3.41. The number of imidazole rings is 2. The lowest BCUT2D eigenvalue weighted by atomic mass is 9.83. The van der Waals surface area contributed by atoms with Gasteiger partial charge in [-0.25, -0.2) is 9.97 Å². The maximum absolute atomic E-state index is 4.83. The molecule has 4 rings (SSSR count). The van der Waals surface area contributed by atoms with Crippen LogP contribution in [0.25, 0.3) is 22.1 Å². The van der Waals surface area contributed by atoms with E-state index in [0.29, 0.717) is 0 Å². The highest BCUT2D eigenvalue weighted by Crippen LogP contribution is 2.31. The highest BCUT2D eigenvalue weighted by atomic mass is 15.0. The molecule has 2 heterocycles. The number of nitrogens with one attached hydrogen (secondary N) is 2. The number of hydrogen-bond donors (Lipinski definition) is 2. The van der Waals surface area contributed by atoms with Crippen molar-refractivity contribution in [3.63, 3.8) is 0 Å². The van der Waals surface area contributed by atoms with Gasteiger partial charge in [0.2, 0.25) is 0 Å². The van der Waals surface area contributed by atoms with Crippen molar-refractivity contribution in [1.82, 2.24) is 19.9 Å². The number of rotatable bonds is 4. The van der Waals surface area contributed by atoms with Crippen molar-refractivity contribution >= 4 is 22.1 Å². The second-order valence-electron chi connectivity index (χ2n) is 6.85. The van der Waals surface area contributed by atoms with E-state index in [-0.39, 0.29) is 5.41 Å². The van der Waals surface area contributed by atoms with Crippen LogP contribution >= 0.6 is 0 Å². The van der Waals surface area contributed by atoms with Crippen LogP contribution in [0.4, 0.5) is 0 Å². The van der Waals surface area contributed by atoms with Crippen LogP contribution in [0.2, 0.25) is 0 Å². The van der Waals surface area contributed by atoms with Crippen LogP contribution in [0.15, 0.2) is 42.5 Å². The fraction of sp³-hybridized carbons (Fsp3) is 0.300. The van der Waals surface area contributed by atoms with E-state index in [1.165, 1.54) is 5.56 Å². The summed E-state index contributed by atoms with van der Waals surface area (Å²) in [5.74, 6) is 2.05. The third-order valence-electron chi connectivity index (χ3n) is 5.06. The molecule has 4 aromatic rings. The van der Waals surface area contributed by atoms with Crippen molar-refractivity contribution in [2.75, 3.05) is 0 Å². The molecule has 0 amide bonds. The monoisotopic (exact) mass is 318 g/mol. The Balaban J connectivity index is 1.74. The molecule has 2 aromatic heterocycles. The number of hydrogen-bond acceptors (Lipinski definition) is 2. The Morgan fingerprint density at radius 2 is 1.75 bits per heavy atom. The molecule has 4 nitrogen and oxygen atoms in total. The van der Waals surface area contributed by atoms with Gasteiger partial charge in [-0.05, 0) is 37.1 Å². The Bertz CT molecular complexity index is 978. The Labute approximate surface area is 141 Å². The molecular weight excluding hydrogens is 296 g/mol. The minimum Gasteiger partial charge on any atom is -0.342 e. The van der Waals surface area contributed by atoms with Crippen LogP contribution < -0.4 is 0 Å². The van der Waals surface area contributed by atoms with Gasteiger partial charge >= 0.3 is 0 Å². The molecule has 0 saturated heterocycles. The molecule has 1 atom stereocenters. The second kappa shape index (κ2) is 5.48. The van der Waals surface area contributed by atoms with Crippen molar-refractivity contribution < 1.29 is 0 Å². The predicted octanol–water partition coefficient (Wildman–Crippen LogP) is 4.66. The van der Waals surface area contributed by atoms with Gasteiger partial charge in [-0.2, -0.15) is 0 Å². The second-order valence-corrected chi connectivity index (χ2v) is 6.85. The average Bonchev–Trinajstić information content (AvgIpc) is 3.19. The summed E-state index contributed by atoms with van der Waals surface area (Å²) < 4.78 is 0. The van der Waals surface area contributed by atoms with E-state index in [2.05, 4.69) is 61.1 Å². The molecule has 0 aliphatic heterocycles. The van der Waals surface area contributed by atoms with Gasteiger partial charge in [0.1, 0.15) is 11.6 Å². The van der Waals surface area contributed by atoms with Gasteiger partial charge in [0.25, 0.3) is 0 Å². The van der Waals surface area contributed by atoms with Gasteiger partial charge in [-0.15, -0.1) is 0 Å². The molecule has 0 aliphatic rings. The highest BCUT2D eigenvalue weighted by Gasteiger charge is 2.30. The maximum atomic E-state index is 4.83. The summed E-state index contributed by atoms with van der Waals surface area (Å²) in [5.41, 5.74) is 5.40. The zero-order chi connectivity index (χ0) is 16.7. The summed E-state index contributed by atoms with van der Waals surface area (Å²) in [6.45, 7) is 6.57. The van der Waals surface area contributed by atoms with E-state index in [1.54, 1.807) is 0 Å². The lowest BCUT2D eigenvalue weighted by Crippen LogP contribution is -2.26. The van der Waals surface area contributed by atoms with Gasteiger partial charge in [0, 0.05) is 11.8 Å². The zero-order valence-electron chi connectivity index (χ0n) is 14.4. The number of aryl methyl sites for hydroxylation is 1. The normalized spacial score (nSPS) is 14.3. The molecule has 2 N–H and O–H groups in total. The molecule has 122 valence electrons. The van der Waals surface area contributed by atoms with Gasteiger partial charge in [0.05, 0.1) is 22.1 Å². The molecule has 4 heteroatoms. The van der Waals surface area contributed by atoms with Crippen LogP contribution in [-0.2, 0) is 11.8 Å². The molecular formula is C20H22N4. The summed E-state index contributed by atoms with van der Waals surface area (Å²) in [5, 5.41) is 0. The molecule has 24 heavy (non-hydrogen) atoms. The first-order valence-electron chi connectivity index (χ1n) is 8.48. The van der Waals surface area contributed by atoms with Crippen molar-refractivity contribution in [3.8, 4) is 0 Å². The van der Waals surface area contributed by atoms with E-state index in [4.69, 9.17) is 9.97 Å². The topological polar surface area (TPSA) is 57.4 Å². The van der Waals surface area contributed by atoms with Gasteiger partial charge in [-0.3, -0.25) is 0 Å². The summed E-state index contributed by atoms with van der Waals surface area (Å²) >= 11 is 0. The number of benzene rings is 2. The summed E-state index contributed by atoms with van der Waals surface area (Å²) in [4.78, 5) is 16.6. The summed E-state index contributed by atoms with van der Waals surface area (Å²) in [7, 11) is 0. The van der Waals surface area contributed by atoms with Crippen LogP contribution in [0, 0.1) is 6.92 Å². The zero-order valence-corrected chi connectivity index (χ0v) is 14.4. The van der Waals surface area contributed by atoms with Crippen molar-refractivity contribution in [1.29, 1.82) is 0 Å². The van der Waals surface area contributed by atoms with Gasteiger partial charge in [0.15, 0.2) is 0 Å². The summed E-state index contributed by atoms with van der Waals surface area (Å²) in [6, 6.07) is 14.4. The molecule has 0 fully saturated rings. The molecule has 0 aliphatic carbocycles. The Morgan fingerprint density at radius 3 is 2.50 bits per heavy atom. The first kappa shape index (κ1) is 14.9. The van der Waals surface area contributed by atoms with Crippen molar-refractivity contribution in [2.45, 2.75) is 39.0 Å². The van der Waals surface area contributed by atoms with Crippen molar-refractivity contribution in [2.24, 2.45) is 0 Å². The minimum atomic E-state index is -0.0825. The number of fused-ring (bicyclic) bond motifs is 2. The summed E-state index contributed by atoms with van der Waals surface area (Å²) in [6.07, 6.45) is 1.82. The third-order valence-corrected chi connectivity index (χ3v) is 5.06. The molecule has 0 saturated carbocycles. The SMILES string of the molecule is CCC(C)(Cc1nc2c(C)cccc2[nH]1)c1nc2ccccc2[nH]1. The molecule has 2 aromatic carbocycles. The smallest absolute Gasteiger partial charge is 0.113 e. The molecule has 0 bridgehead atoms. The quantitative estimate of drug-likeness (QED) is 0.575. The van der Waals surface area contributed by atoms with E-state index in [1.807, 2.05) is 12.1 Å². The van der Waals surface area contributed by atoms with Gasteiger partial charge in [-0.1, -0.05) is 38.1 Å². The van der Waals surface area contributed by atoms with Crippen molar-refractivity contribution in [3.05, 3.63) is 59.7 Å². The lowest BCUT2D eigenvalue weighted by Gasteiger charge is -2.24. The maximum Gasteiger partial charge on any atom is 0.113 e. The third kappa shape index (κ3) is 2.39. The number of H-pyrrole nitrogens is 2. The standard InChI is InChI=1S/C20H22N4/c1-4-20(3,19-22-14-9-5-6-10-15(14)23-19)12-17-21-16-11-7-8-13(2)18(16)24-17/h5-11H,4,12H2,1-3H3,(H,21,24)(H,22,23). The van der Waals surface area contributed by atoms with Crippen LogP contribution in [0.5, 0.6) is 0 Å². The largest absolute Gasteiger partial charge is 0.342 e. The number of aromatic nitrogens is 4. The first-order valence-corrected chi connectivity index (χ1v) is 8.48. The van der Waals surface area contributed by atoms with Crippen LogP contribution in [-0.4, -0.2) is 19.9 Å².